The predicted octanol–water partition coefficient (Wildman–Crippen LogP) is 9.84. The smallest absolute Gasteiger partial charge is 0.119 e. The first-order valence-electron chi connectivity index (χ1n) is 16.6. The van der Waals surface area contributed by atoms with Crippen molar-refractivity contribution in [2.24, 2.45) is 10.2 Å². The SMILES string of the molecule is CCCCOc1ccc(N=Nc2ccc(N3CCN(c4ccc(NNc5ccc(OCCCC)cc5C)cc4)CC3)cc2)c(C)c1. The van der Waals surface area contributed by atoms with Crippen LogP contribution in [0.3, 0.4) is 0 Å². The zero-order valence-corrected chi connectivity index (χ0v) is 27.8. The molecule has 4 aromatic rings. The Balaban J connectivity index is 1.07. The molecule has 5 rings (SSSR count). The van der Waals surface area contributed by atoms with E-state index in [-0.39, 0.29) is 0 Å². The zero-order valence-electron chi connectivity index (χ0n) is 27.8. The van der Waals surface area contributed by atoms with Crippen LogP contribution in [0.15, 0.2) is 95.2 Å². The van der Waals surface area contributed by atoms with Gasteiger partial charge in [0.25, 0.3) is 0 Å². The van der Waals surface area contributed by atoms with E-state index in [9.17, 15) is 0 Å². The third-order valence-electron chi connectivity index (χ3n) is 8.24. The van der Waals surface area contributed by atoms with E-state index in [0.29, 0.717) is 0 Å². The Kier molecular flexibility index (Phi) is 11.8. The molecule has 1 aliphatic heterocycles. The third kappa shape index (κ3) is 9.16. The molecular weight excluding hydrogens is 572 g/mol. The first-order valence-corrected chi connectivity index (χ1v) is 16.6. The Morgan fingerprint density at radius 2 is 1.15 bits per heavy atom. The second-order valence-electron chi connectivity index (χ2n) is 11.8. The van der Waals surface area contributed by atoms with Crippen molar-refractivity contribution in [2.75, 3.05) is 60.0 Å². The number of nitrogens with zero attached hydrogens (tertiary/aromatic N) is 4. The highest BCUT2D eigenvalue weighted by Crippen LogP contribution is 2.28. The van der Waals surface area contributed by atoms with Crippen molar-refractivity contribution in [3.05, 3.63) is 96.1 Å². The van der Waals surface area contributed by atoms with Crippen LogP contribution in [0.5, 0.6) is 11.5 Å². The van der Waals surface area contributed by atoms with Crippen LogP contribution in [0.2, 0.25) is 0 Å². The van der Waals surface area contributed by atoms with Gasteiger partial charge in [-0.2, -0.15) is 10.2 Å². The third-order valence-corrected chi connectivity index (χ3v) is 8.24. The van der Waals surface area contributed by atoms with Gasteiger partial charge in [0.2, 0.25) is 0 Å². The molecule has 0 unspecified atom stereocenters. The van der Waals surface area contributed by atoms with Crippen molar-refractivity contribution in [2.45, 2.75) is 53.4 Å². The molecule has 2 N–H and O–H groups in total. The average Bonchev–Trinajstić information content (AvgIpc) is 3.08. The summed E-state index contributed by atoms with van der Waals surface area (Å²) >= 11 is 0. The minimum atomic E-state index is 0.744. The Labute approximate surface area is 274 Å². The number of hydrazine groups is 1. The Hall–Kier alpha value is -4.72. The molecule has 8 nitrogen and oxygen atoms in total. The van der Waals surface area contributed by atoms with Gasteiger partial charge in [-0.25, -0.2) is 0 Å². The van der Waals surface area contributed by atoms with E-state index < -0.39 is 0 Å². The van der Waals surface area contributed by atoms with Gasteiger partial charge in [-0.05, 0) is 123 Å². The molecule has 0 aliphatic carbocycles. The second-order valence-corrected chi connectivity index (χ2v) is 11.8. The van der Waals surface area contributed by atoms with Gasteiger partial charge in [-0.1, -0.05) is 26.7 Å². The molecule has 0 aromatic heterocycles. The molecule has 0 spiro atoms. The molecule has 1 saturated heterocycles. The van der Waals surface area contributed by atoms with E-state index in [1.807, 2.05) is 43.3 Å². The summed E-state index contributed by atoms with van der Waals surface area (Å²) in [7, 11) is 0. The summed E-state index contributed by atoms with van der Waals surface area (Å²) in [5.74, 6) is 1.80. The number of hydrogen-bond donors (Lipinski definition) is 2. The maximum absolute atomic E-state index is 5.83. The van der Waals surface area contributed by atoms with E-state index in [1.165, 1.54) is 11.4 Å². The first-order chi connectivity index (χ1) is 22.5. The summed E-state index contributed by atoms with van der Waals surface area (Å²) in [4.78, 5) is 4.88. The van der Waals surface area contributed by atoms with Crippen molar-refractivity contribution < 1.29 is 9.47 Å². The number of benzene rings is 4. The Bertz CT molecular complexity index is 1550. The van der Waals surface area contributed by atoms with E-state index in [4.69, 9.17) is 9.47 Å². The van der Waals surface area contributed by atoms with Crippen molar-refractivity contribution in [3.63, 3.8) is 0 Å². The molecule has 0 atom stereocenters. The molecule has 8 heteroatoms. The van der Waals surface area contributed by atoms with Crippen LogP contribution < -0.4 is 30.1 Å². The molecular formula is C38H48N6O2. The normalized spacial score (nSPS) is 13.2. The van der Waals surface area contributed by atoms with Gasteiger partial charge in [0.05, 0.1) is 36.0 Å². The maximum atomic E-state index is 5.83. The van der Waals surface area contributed by atoms with Crippen LogP contribution in [0.1, 0.15) is 50.7 Å². The summed E-state index contributed by atoms with van der Waals surface area (Å²) in [6.07, 6.45) is 4.39. The quantitative estimate of drug-likeness (QED) is 0.0783. The van der Waals surface area contributed by atoms with Gasteiger partial charge in [0.1, 0.15) is 11.5 Å². The second kappa shape index (κ2) is 16.5. The number of piperazine rings is 1. The van der Waals surface area contributed by atoms with Crippen molar-refractivity contribution in [1.82, 2.24) is 0 Å². The lowest BCUT2D eigenvalue weighted by Crippen LogP contribution is -2.46. The van der Waals surface area contributed by atoms with Gasteiger partial charge in [-0.3, -0.25) is 0 Å². The topological polar surface area (TPSA) is 73.7 Å². The molecule has 46 heavy (non-hydrogen) atoms. The van der Waals surface area contributed by atoms with E-state index >= 15 is 0 Å². The molecule has 1 heterocycles. The highest BCUT2D eigenvalue weighted by molar-refractivity contribution is 5.61. The minimum absolute atomic E-state index is 0.744. The van der Waals surface area contributed by atoms with Crippen LogP contribution in [0.4, 0.5) is 34.1 Å². The molecule has 0 bridgehead atoms. The lowest BCUT2D eigenvalue weighted by atomic mass is 10.2. The van der Waals surface area contributed by atoms with Gasteiger partial charge in [0, 0.05) is 37.6 Å². The predicted molar refractivity (Wildman–Crippen MR) is 192 cm³/mol. The standard InChI is InChI=1S/C38H48N6O2/c1-5-7-25-45-35-17-19-37(29(3)27-35)41-39-31-9-13-33(14-10-31)43-21-23-44(24-22-43)34-15-11-32(12-16-34)40-42-38-20-18-36(28-30(38)4)46-26-8-6-2/h9-20,27-28,39,41H,5-8,21-26H2,1-4H3. The van der Waals surface area contributed by atoms with Crippen LogP contribution in [-0.2, 0) is 0 Å². The number of unbranched alkanes of at least 4 members (excludes halogenated alkanes) is 2. The lowest BCUT2D eigenvalue weighted by molar-refractivity contribution is 0.309. The van der Waals surface area contributed by atoms with E-state index in [1.54, 1.807) is 0 Å². The number of azo groups is 1. The molecule has 1 aliphatic rings. The van der Waals surface area contributed by atoms with Crippen LogP contribution in [0, 0.1) is 13.8 Å². The fourth-order valence-corrected chi connectivity index (χ4v) is 5.32. The first kappa shape index (κ1) is 32.7. The van der Waals surface area contributed by atoms with Gasteiger partial charge in [-0.15, -0.1) is 0 Å². The summed E-state index contributed by atoms with van der Waals surface area (Å²) in [5, 5.41) is 8.97. The average molecular weight is 621 g/mol. The van der Waals surface area contributed by atoms with Crippen LogP contribution in [0.25, 0.3) is 0 Å². The van der Waals surface area contributed by atoms with Gasteiger partial charge in [0.15, 0.2) is 0 Å². The molecule has 0 saturated carbocycles. The molecule has 0 radical (unpaired) electrons. The molecule has 1 fully saturated rings. The molecule has 0 amide bonds. The summed E-state index contributed by atoms with van der Waals surface area (Å²) in [6, 6.07) is 29.1. The highest BCUT2D eigenvalue weighted by atomic mass is 16.5. The van der Waals surface area contributed by atoms with Crippen molar-refractivity contribution >= 4 is 34.1 Å². The van der Waals surface area contributed by atoms with E-state index in [2.05, 4.69) is 100 Å². The van der Waals surface area contributed by atoms with Crippen LogP contribution >= 0.6 is 0 Å². The van der Waals surface area contributed by atoms with Crippen LogP contribution in [-0.4, -0.2) is 39.4 Å². The largest absolute Gasteiger partial charge is 0.494 e. The Morgan fingerprint density at radius 3 is 1.70 bits per heavy atom. The number of anilines is 4. The minimum Gasteiger partial charge on any atom is -0.494 e. The summed E-state index contributed by atoms with van der Waals surface area (Å²) < 4.78 is 11.6. The fraction of sp³-hybridized carbons (Fsp3) is 0.368. The number of rotatable bonds is 15. The zero-order chi connectivity index (χ0) is 32.1. The summed E-state index contributed by atoms with van der Waals surface area (Å²) in [5.41, 5.74) is 15.1. The fourth-order valence-electron chi connectivity index (χ4n) is 5.32. The number of ether oxygens (including phenoxy) is 2. The number of nitrogens with one attached hydrogen (secondary N) is 2. The van der Waals surface area contributed by atoms with Crippen molar-refractivity contribution in [3.8, 4) is 11.5 Å². The summed E-state index contributed by atoms with van der Waals surface area (Å²) in [6.45, 7) is 13.8. The highest BCUT2D eigenvalue weighted by Gasteiger charge is 2.17. The van der Waals surface area contributed by atoms with Gasteiger partial charge < -0.3 is 30.1 Å². The molecule has 4 aromatic carbocycles. The van der Waals surface area contributed by atoms with Crippen molar-refractivity contribution in [1.29, 1.82) is 0 Å². The Morgan fingerprint density at radius 1 is 0.609 bits per heavy atom. The van der Waals surface area contributed by atoms with Gasteiger partial charge >= 0.3 is 0 Å². The monoisotopic (exact) mass is 620 g/mol. The molecule has 242 valence electrons. The number of aryl methyl sites for hydroxylation is 2. The maximum Gasteiger partial charge on any atom is 0.119 e. The number of hydrogen-bond acceptors (Lipinski definition) is 8. The van der Waals surface area contributed by atoms with E-state index in [0.717, 1.165) is 110 Å². The lowest BCUT2D eigenvalue weighted by Gasteiger charge is -2.37.